The van der Waals surface area contributed by atoms with Gasteiger partial charge in [0.15, 0.2) is 0 Å². The molecule has 0 amide bonds. The molecule has 156 valence electrons. The number of halogens is 3. The summed E-state index contributed by atoms with van der Waals surface area (Å²) in [6.07, 6.45) is 0.992. The average molecular weight is 403 g/mol. The molecule has 0 aliphatic rings. The molecule has 0 radical (unpaired) electrons. The van der Waals surface area contributed by atoms with Crippen molar-refractivity contribution in [3.8, 4) is 0 Å². The van der Waals surface area contributed by atoms with Crippen LogP contribution in [-0.2, 0) is 6.54 Å². The molecular weight excluding hydrogens is 375 g/mol. The van der Waals surface area contributed by atoms with Gasteiger partial charge in [0, 0.05) is 26.2 Å². The first-order chi connectivity index (χ1) is 13.8. The maximum absolute atomic E-state index is 13.0. The van der Waals surface area contributed by atoms with Crippen LogP contribution in [0.25, 0.3) is 0 Å². The summed E-state index contributed by atoms with van der Waals surface area (Å²) in [6.45, 7) is 13.3. The van der Waals surface area contributed by atoms with E-state index in [0.29, 0.717) is 12.4 Å². The Balaban J connectivity index is 0.000000436. The summed E-state index contributed by atoms with van der Waals surface area (Å²) in [6, 6.07) is 11.1. The third-order valence-corrected chi connectivity index (χ3v) is 3.91. The Hall–Kier alpha value is -3.02. The van der Waals surface area contributed by atoms with Crippen LogP contribution < -0.4 is 5.32 Å². The van der Waals surface area contributed by atoms with Crippen LogP contribution >= 0.6 is 0 Å². The zero-order chi connectivity index (χ0) is 21.8. The first-order valence-corrected chi connectivity index (χ1v) is 9.27. The van der Waals surface area contributed by atoms with Gasteiger partial charge in [-0.05, 0) is 55.5 Å². The first-order valence-electron chi connectivity index (χ1n) is 9.27. The predicted octanol–water partition coefficient (Wildman–Crippen LogP) is 5.67. The number of hydrogen-bond donors (Lipinski definition) is 1. The van der Waals surface area contributed by atoms with Crippen LogP contribution in [0.1, 0.15) is 25.8 Å². The van der Waals surface area contributed by atoms with Crippen molar-refractivity contribution in [3.63, 3.8) is 0 Å². The van der Waals surface area contributed by atoms with Crippen LogP contribution in [0, 0.1) is 17.5 Å². The highest BCUT2D eigenvalue weighted by Gasteiger charge is 2.15. The molecule has 0 saturated carbocycles. The van der Waals surface area contributed by atoms with E-state index in [2.05, 4.69) is 35.4 Å². The molecular formula is C23H28F3N3. The van der Waals surface area contributed by atoms with Crippen LogP contribution in [0.15, 0.2) is 77.2 Å². The van der Waals surface area contributed by atoms with E-state index < -0.39 is 11.6 Å². The molecule has 0 fully saturated rings. The smallest absolute Gasteiger partial charge is 0.148 e. The molecule has 0 unspecified atom stereocenters. The second-order valence-corrected chi connectivity index (χ2v) is 6.37. The fraction of sp³-hybridized carbons (Fsp3) is 0.261. The minimum atomic E-state index is -0.537. The highest BCUT2D eigenvalue weighted by molar-refractivity contribution is 5.36. The summed E-state index contributed by atoms with van der Waals surface area (Å²) in [5, 5.41) is 3.05. The van der Waals surface area contributed by atoms with Crippen LogP contribution in [0.2, 0.25) is 0 Å². The van der Waals surface area contributed by atoms with Crippen molar-refractivity contribution >= 4 is 6.72 Å². The highest BCUT2D eigenvalue weighted by atomic mass is 19.1. The molecule has 0 aliphatic heterocycles. The zero-order valence-electron chi connectivity index (χ0n) is 17.2. The molecule has 0 saturated heterocycles. The summed E-state index contributed by atoms with van der Waals surface area (Å²) in [7, 11) is 1.81. The van der Waals surface area contributed by atoms with Gasteiger partial charge >= 0.3 is 0 Å². The Kier molecular flexibility index (Phi) is 10.3. The van der Waals surface area contributed by atoms with E-state index in [4.69, 9.17) is 0 Å². The van der Waals surface area contributed by atoms with E-state index in [1.807, 2.05) is 14.0 Å². The number of aliphatic imine (C=N–C) groups is 1. The standard InChI is InChI=1S/C17H24FN3.C6H4F2/c1-6-11-21(12-14-7-9-15(18)10-8-14)16(13(2)3)17(19-4)20-5;7-5-2-1-3-6(8)4-5/h7-10,20H,2,4,6,11-12H2,1,3,5H3;1-4H/b17-16+;. The van der Waals surface area contributed by atoms with E-state index in [1.165, 1.54) is 30.3 Å². The van der Waals surface area contributed by atoms with Gasteiger partial charge in [0.2, 0.25) is 0 Å². The van der Waals surface area contributed by atoms with Crippen molar-refractivity contribution < 1.29 is 13.2 Å². The van der Waals surface area contributed by atoms with Crippen molar-refractivity contribution in [2.24, 2.45) is 4.99 Å². The summed E-state index contributed by atoms with van der Waals surface area (Å²) >= 11 is 0. The highest BCUT2D eigenvalue weighted by Crippen LogP contribution is 2.21. The Morgan fingerprint density at radius 1 is 1.03 bits per heavy atom. The van der Waals surface area contributed by atoms with Crippen molar-refractivity contribution in [1.29, 1.82) is 0 Å². The summed E-state index contributed by atoms with van der Waals surface area (Å²) in [4.78, 5) is 6.23. The van der Waals surface area contributed by atoms with Crippen LogP contribution in [-0.4, -0.2) is 25.2 Å². The number of nitrogens with one attached hydrogen (secondary N) is 1. The molecule has 0 aliphatic carbocycles. The van der Waals surface area contributed by atoms with Crippen molar-refractivity contribution in [2.75, 3.05) is 13.6 Å². The van der Waals surface area contributed by atoms with Crippen molar-refractivity contribution in [3.05, 3.63) is 95.2 Å². The van der Waals surface area contributed by atoms with E-state index in [-0.39, 0.29) is 5.82 Å². The minimum absolute atomic E-state index is 0.222. The molecule has 0 aromatic heterocycles. The van der Waals surface area contributed by atoms with Crippen LogP contribution in [0.5, 0.6) is 0 Å². The Morgan fingerprint density at radius 3 is 2.00 bits per heavy atom. The quantitative estimate of drug-likeness (QED) is 0.454. The second kappa shape index (κ2) is 12.4. The van der Waals surface area contributed by atoms with Crippen molar-refractivity contribution in [2.45, 2.75) is 26.8 Å². The molecule has 0 heterocycles. The summed E-state index contributed by atoms with van der Waals surface area (Å²) < 4.78 is 36.9. The van der Waals surface area contributed by atoms with E-state index in [0.717, 1.165) is 35.9 Å². The predicted molar refractivity (Wildman–Crippen MR) is 114 cm³/mol. The SMILES string of the molecule is C=N/C(NC)=C(/C(=C)C)N(CCC)Cc1ccc(F)cc1.Fc1cccc(F)c1. The van der Waals surface area contributed by atoms with Crippen molar-refractivity contribution in [1.82, 2.24) is 10.2 Å². The van der Waals surface area contributed by atoms with Crippen LogP contribution in [0.4, 0.5) is 13.2 Å². The fourth-order valence-corrected chi connectivity index (χ4v) is 2.70. The Labute approximate surface area is 171 Å². The number of nitrogens with zero attached hydrogens (tertiary/aromatic N) is 2. The molecule has 29 heavy (non-hydrogen) atoms. The molecule has 0 atom stereocenters. The number of benzene rings is 2. The van der Waals surface area contributed by atoms with Gasteiger partial charge in [0.1, 0.15) is 23.3 Å². The normalized spacial score (nSPS) is 11.0. The molecule has 2 aromatic carbocycles. The number of hydrogen-bond acceptors (Lipinski definition) is 3. The van der Waals surface area contributed by atoms with Gasteiger partial charge in [-0.1, -0.05) is 31.7 Å². The number of rotatable bonds is 8. The van der Waals surface area contributed by atoms with E-state index in [9.17, 15) is 13.2 Å². The Bertz CT molecular complexity index is 812. The Morgan fingerprint density at radius 2 is 1.62 bits per heavy atom. The molecule has 0 bridgehead atoms. The second-order valence-electron chi connectivity index (χ2n) is 6.37. The molecule has 3 nitrogen and oxygen atoms in total. The van der Waals surface area contributed by atoms with Gasteiger partial charge in [0.05, 0.1) is 5.70 Å². The third kappa shape index (κ3) is 8.25. The maximum Gasteiger partial charge on any atom is 0.148 e. The zero-order valence-corrected chi connectivity index (χ0v) is 17.2. The van der Waals surface area contributed by atoms with Gasteiger partial charge in [-0.3, -0.25) is 0 Å². The van der Waals surface area contributed by atoms with E-state index in [1.54, 1.807) is 12.1 Å². The lowest BCUT2D eigenvalue weighted by molar-refractivity contribution is 0.337. The van der Waals surface area contributed by atoms with Crippen LogP contribution in [0.3, 0.4) is 0 Å². The summed E-state index contributed by atoms with van der Waals surface area (Å²) in [5.74, 6) is -0.590. The lowest BCUT2D eigenvalue weighted by Gasteiger charge is -2.29. The first kappa shape index (κ1) is 24.0. The molecule has 1 N–H and O–H groups in total. The lowest BCUT2D eigenvalue weighted by Crippen LogP contribution is -2.27. The lowest BCUT2D eigenvalue weighted by atomic mass is 10.1. The minimum Gasteiger partial charge on any atom is -0.371 e. The molecule has 6 heteroatoms. The van der Waals surface area contributed by atoms with E-state index >= 15 is 0 Å². The largest absolute Gasteiger partial charge is 0.371 e. The fourth-order valence-electron chi connectivity index (χ4n) is 2.70. The summed E-state index contributed by atoms with van der Waals surface area (Å²) in [5.41, 5.74) is 2.91. The monoisotopic (exact) mass is 403 g/mol. The molecule has 2 aromatic rings. The van der Waals surface area contributed by atoms with Gasteiger partial charge in [-0.25, -0.2) is 18.2 Å². The molecule has 0 spiro atoms. The topological polar surface area (TPSA) is 27.6 Å². The maximum atomic E-state index is 13.0. The third-order valence-electron chi connectivity index (χ3n) is 3.91. The van der Waals surface area contributed by atoms with Gasteiger partial charge in [-0.15, -0.1) is 0 Å². The van der Waals surface area contributed by atoms with Gasteiger partial charge in [-0.2, -0.15) is 0 Å². The number of allylic oxidation sites excluding steroid dienone is 1. The average Bonchev–Trinajstić information content (AvgIpc) is 2.67. The van der Waals surface area contributed by atoms with Gasteiger partial charge in [0.25, 0.3) is 0 Å². The molecule has 2 rings (SSSR count). The van der Waals surface area contributed by atoms with Gasteiger partial charge < -0.3 is 10.2 Å².